The van der Waals surface area contributed by atoms with Crippen molar-refractivity contribution in [3.8, 4) is 0 Å². The Bertz CT molecular complexity index is 687. The molecule has 0 bridgehead atoms. The number of carbonyl (C=O) groups is 2. The Hall–Kier alpha value is -2.83. The first kappa shape index (κ1) is 16.5. The molecule has 23 heavy (non-hydrogen) atoms. The highest BCUT2D eigenvalue weighted by atomic mass is 19.1. The first-order valence-corrected chi connectivity index (χ1v) is 6.85. The second-order valence-corrected chi connectivity index (χ2v) is 4.88. The molecular formula is C16H15F2N3O2. The highest BCUT2D eigenvalue weighted by Crippen LogP contribution is 2.18. The zero-order valence-electron chi connectivity index (χ0n) is 12.4. The van der Waals surface area contributed by atoms with Crippen molar-refractivity contribution in [2.24, 2.45) is 0 Å². The summed E-state index contributed by atoms with van der Waals surface area (Å²) in [7, 11) is 0. The Morgan fingerprint density at radius 1 is 1.17 bits per heavy atom. The molecule has 5 nitrogen and oxygen atoms in total. The SMILES string of the molecule is CC(=O)N(CC(=O)Nc1c(F)cccc1F)Cc1cccnc1. The molecule has 1 N–H and O–H groups in total. The number of aromatic nitrogens is 1. The molecule has 0 saturated carbocycles. The molecule has 7 heteroatoms. The van der Waals surface area contributed by atoms with E-state index in [9.17, 15) is 18.4 Å². The van der Waals surface area contributed by atoms with Crippen molar-refractivity contribution in [3.05, 3.63) is 59.9 Å². The average Bonchev–Trinajstić information content (AvgIpc) is 2.51. The summed E-state index contributed by atoms with van der Waals surface area (Å²) < 4.78 is 27.0. The van der Waals surface area contributed by atoms with E-state index >= 15 is 0 Å². The maximum absolute atomic E-state index is 13.5. The Morgan fingerprint density at radius 2 is 1.87 bits per heavy atom. The number of anilines is 1. The molecule has 1 aromatic heterocycles. The lowest BCUT2D eigenvalue weighted by molar-refractivity contribution is -0.133. The van der Waals surface area contributed by atoms with Crippen molar-refractivity contribution >= 4 is 17.5 Å². The van der Waals surface area contributed by atoms with Crippen LogP contribution in [0.1, 0.15) is 12.5 Å². The zero-order chi connectivity index (χ0) is 16.8. The van der Waals surface area contributed by atoms with Crippen molar-refractivity contribution in [2.45, 2.75) is 13.5 Å². The molecule has 0 atom stereocenters. The van der Waals surface area contributed by atoms with Gasteiger partial charge in [0.2, 0.25) is 11.8 Å². The number of benzene rings is 1. The van der Waals surface area contributed by atoms with Gasteiger partial charge in [0, 0.05) is 25.9 Å². The van der Waals surface area contributed by atoms with E-state index in [1.807, 2.05) is 0 Å². The molecule has 0 fully saturated rings. The second kappa shape index (κ2) is 7.44. The van der Waals surface area contributed by atoms with Gasteiger partial charge in [-0.15, -0.1) is 0 Å². The standard InChI is InChI=1S/C16H15F2N3O2/c1-11(22)21(9-12-4-3-7-19-8-12)10-15(23)20-16-13(17)5-2-6-14(16)18/h2-8H,9-10H2,1H3,(H,20,23). The van der Waals surface area contributed by atoms with Crippen LogP contribution >= 0.6 is 0 Å². The Labute approximate surface area is 131 Å². The summed E-state index contributed by atoms with van der Waals surface area (Å²) in [4.78, 5) is 28.8. The van der Waals surface area contributed by atoms with Gasteiger partial charge in [-0.05, 0) is 23.8 Å². The van der Waals surface area contributed by atoms with Crippen LogP contribution in [0.3, 0.4) is 0 Å². The van der Waals surface area contributed by atoms with Crippen LogP contribution in [0.2, 0.25) is 0 Å². The third kappa shape index (κ3) is 4.57. The molecule has 1 heterocycles. The number of hydrogen-bond acceptors (Lipinski definition) is 3. The van der Waals surface area contributed by atoms with Gasteiger partial charge >= 0.3 is 0 Å². The van der Waals surface area contributed by atoms with Crippen molar-refractivity contribution in [2.75, 3.05) is 11.9 Å². The molecule has 1 aromatic carbocycles. The summed E-state index contributed by atoms with van der Waals surface area (Å²) in [6.07, 6.45) is 3.17. The van der Waals surface area contributed by atoms with Crippen LogP contribution < -0.4 is 5.32 Å². The number of amides is 2. The lowest BCUT2D eigenvalue weighted by Crippen LogP contribution is -2.36. The lowest BCUT2D eigenvalue weighted by atomic mass is 10.2. The van der Waals surface area contributed by atoms with Gasteiger partial charge in [-0.25, -0.2) is 8.78 Å². The van der Waals surface area contributed by atoms with E-state index in [-0.39, 0.29) is 19.0 Å². The molecule has 0 radical (unpaired) electrons. The van der Waals surface area contributed by atoms with E-state index in [0.717, 1.165) is 17.7 Å². The Balaban J connectivity index is 2.05. The van der Waals surface area contributed by atoms with E-state index < -0.39 is 23.2 Å². The third-order valence-corrected chi connectivity index (χ3v) is 3.10. The van der Waals surface area contributed by atoms with Gasteiger partial charge in [-0.3, -0.25) is 14.6 Å². The molecule has 2 rings (SSSR count). The number of para-hydroxylation sites is 1. The molecule has 0 saturated heterocycles. The van der Waals surface area contributed by atoms with Crippen LogP contribution in [0.4, 0.5) is 14.5 Å². The topological polar surface area (TPSA) is 62.3 Å². The largest absolute Gasteiger partial charge is 0.329 e. The maximum atomic E-state index is 13.5. The lowest BCUT2D eigenvalue weighted by Gasteiger charge is -2.20. The molecule has 2 amide bonds. The first-order valence-electron chi connectivity index (χ1n) is 6.85. The van der Waals surface area contributed by atoms with Gasteiger partial charge in [-0.2, -0.15) is 0 Å². The van der Waals surface area contributed by atoms with Crippen molar-refractivity contribution in [3.63, 3.8) is 0 Å². The van der Waals surface area contributed by atoms with Gasteiger partial charge in [0.25, 0.3) is 0 Å². The molecule has 2 aromatic rings. The van der Waals surface area contributed by atoms with Gasteiger partial charge in [0.1, 0.15) is 23.9 Å². The number of carbonyl (C=O) groups excluding carboxylic acids is 2. The summed E-state index contributed by atoms with van der Waals surface area (Å²) in [5.74, 6) is -2.77. The number of hydrogen-bond donors (Lipinski definition) is 1. The highest BCUT2D eigenvalue weighted by molar-refractivity contribution is 5.94. The Morgan fingerprint density at radius 3 is 2.43 bits per heavy atom. The number of nitrogens with one attached hydrogen (secondary N) is 1. The number of nitrogens with zero attached hydrogens (tertiary/aromatic N) is 2. The van der Waals surface area contributed by atoms with Crippen LogP contribution in [0, 0.1) is 11.6 Å². The van der Waals surface area contributed by atoms with Crippen LogP contribution in [-0.4, -0.2) is 28.2 Å². The van der Waals surface area contributed by atoms with E-state index in [1.54, 1.807) is 24.5 Å². The first-order chi connectivity index (χ1) is 11.0. The van der Waals surface area contributed by atoms with Gasteiger partial charge in [0.15, 0.2) is 0 Å². The summed E-state index contributed by atoms with van der Waals surface area (Å²) in [6.45, 7) is 1.17. The minimum atomic E-state index is -0.875. The molecule has 0 aliphatic carbocycles. The molecule has 120 valence electrons. The van der Waals surface area contributed by atoms with Gasteiger partial charge < -0.3 is 10.2 Å². The predicted octanol–water partition coefficient (Wildman–Crippen LogP) is 2.35. The number of rotatable bonds is 5. The smallest absolute Gasteiger partial charge is 0.244 e. The van der Waals surface area contributed by atoms with Crippen molar-refractivity contribution in [1.82, 2.24) is 9.88 Å². The maximum Gasteiger partial charge on any atom is 0.244 e. The monoisotopic (exact) mass is 319 g/mol. The molecule has 0 aliphatic heterocycles. The summed E-state index contributed by atoms with van der Waals surface area (Å²) >= 11 is 0. The van der Waals surface area contributed by atoms with Crippen LogP contribution in [0.25, 0.3) is 0 Å². The average molecular weight is 319 g/mol. The Kier molecular flexibility index (Phi) is 5.35. The van der Waals surface area contributed by atoms with E-state index in [4.69, 9.17) is 0 Å². The third-order valence-electron chi connectivity index (χ3n) is 3.10. The van der Waals surface area contributed by atoms with Gasteiger partial charge in [-0.1, -0.05) is 12.1 Å². The summed E-state index contributed by atoms with van der Waals surface area (Å²) in [6, 6.07) is 6.75. The highest BCUT2D eigenvalue weighted by Gasteiger charge is 2.17. The fraction of sp³-hybridized carbons (Fsp3) is 0.188. The molecule has 0 aliphatic rings. The number of pyridine rings is 1. The minimum Gasteiger partial charge on any atom is -0.329 e. The quantitative estimate of drug-likeness (QED) is 0.920. The minimum absolute atomic E-state index is 0.177. The zero-order valence-corrected chi connectivity index (χ0v) is 12.4. The summed E-state index contributed by atoms with van der Waals surface area (Å²) in [5, 5.41) is 2.15. The van der Waals surface area contributed by atoms with E-state index in [2.05, 4.69) is 10.3 Å². The van der Waals surface area contributed by atoms with Crippen molar-refractivity contribution < 1.29 is 18.4 Å². The molecule has 0 unspecified atom stereocenters. The van der Waals surface area contributed by atoms with Gasteiger partial charge in [0.05, 0.1) is 0 Å². The summed E-state index contributed by atoms with van der Waals surface area (Å²) in [5.41, 5.74) is 0.218. The normalized spacial score (nSPS) is 10.2. The fourth-order valence-corrected chi connectivity index (χ4v) is 1.96. The van der Waals surface area contributed by atoms with E-state index in [0.29, 0.717) is 0 Å². The predicted molar refractivity (Wildman–Crippen MR) is 80.3 cm³/mol. The van der Waals surface area contributed by atoms with Crippen LogP contribution in [0.15, 0.2) is 42.7 Å². The van der Waals surface area contributed by atoms with E-state index in [1.165, 1.54) is 17.9 Å². The van der Waals surface area contributed by atoms with Crippen LogP contribution in [-0.2, 0) is 16.1 Å². The second-order valence-electron chi connectivity index (χ2n) is 4.88. The number of halogens is 2. The molecular weight excluding hydrogens is 304 g/mol. The van der Waals surface area contributed by atoms with Crippen LogP contribution in [0.5, 0.6) is 0 Å². The molecule has 0 spiro atoms. The fourth-order valence-electron chi connectivity index (χ4n) is 1.96. The van der Waals surface area contributed by atoms with Crippen molar-refractivity contribution in [1.29, 1.82) is 0 Å².